The molecule has 1 N–H and O–H groups in total. The number of carbonyl (C=O) groups is 4. The van der Waals surface area contributed by atoms with Crippen molar-refractivity contribution in [3.05, 3.63) is 99.0 Å². The van der Waals surface area contributed by atoms with Crippen molar-refractivity contribution in [3.63, 3.8) is 0 Å². The average molecular weight is 535 g/mol. The number of esters is 1. The number of ether oxygens (including phenoxy) is 1. The first kappa shape index (κ1) is 23.7. The van der Waals surface area contributed by atoms with Crippen LogP contribution in [0.1, 0.15) is 34.1 Å². The number of nitrogens with zero attached hydrogens (tertiary/aromatic N) is 1. The SMILES string of the molecule is O=C(COC(=O)CN1C(=O)[C@H]2C3c4ccccc4C(c4ccccc43)[C@@H]2C1=O)Nc1ccc(Cl)cc1Cl. The number of halogens is 2. The number of benzene rings is 3. The molecule has 1 heterocycles. The highest BCUT2D eigenvalue weighted by Crippen LogP contribution is 2.60. The van der Waals surface area contributed by atoms with E-state index < -0.39 is 36.9 Å². The zero-order valence-electron chi connectivity index (χ0n) is 19.3. The van der Waals surface area contributed by atoms with Crippen LogP contribution in [0.2, 0.25) is 10.0 Å². The predicted octanol–water partition coefficient (Wildman–Crippen LogP) is 4.37. The van der Waals surface area contributed by atoms with E-state index in [0.29, 0.717) is 10.7 Å². The molecule has 1 aliphatic heterocycles. The molecule has 0 spiro atoms. The number of imide groups is 1. The monoisotopic (exact) mass is 534 g/mol. The Morgan fingerprint density at radius 1 is 0.811 bits per heavy atom. The normalized spacial score (nSPS) is 22.8. The Hall–Kier alpha value is -3.68. The summed E-state index contributed by atoms with van der Waals surface area (Å²) in [6.45, 7) is -1.14. The average Bonchev–Trinajstić information content (AvgIpc) is 3.14. The molecule has 3 aliphatic carbocycles. The molecule has 3 amide bonds. The number of hydrogen-bond acceptors (Lipinski definition) is 5. The number of nitrogens with one attached hydrogen (secondary N) is 1. The van der Waals surface area contributed by atoms with E-state index in [9.17, 15) is 19.2 Å². The van der Waals surface area contributed by atoms with Gasteiger partial charge < -0.3 is 10.1 Å². The van der Waals surface area contributed by atoms with Gasteiger partial charge in [-0.25, -0.2) is 0 Å². The van der Waals surface area contributed by atoms with Gasteiger partial charge in [0, 0.05) is 16.9 Å². The van der Waals surface area contributed by atoms with Crippen LogP contribution in [-0.2, 0) is 23.9 Å². The summed E-state index contributed by atoms with van der Waals surface area (Å²) in [6.07, 6.45) is 0. The third-order valence-electron chi connectivity index (χ3n) is 7.40. The van der Waals surface area contributed by atoms with Gasteiger partial charge in [-0.3, -0.25) is 24.1 Å². The Morgan fingerprint density at radius 2 is 1.32 bits per heavy atom. The predicted molar refractivity (Wildman–Crippen MR) is 136 cm³/mol. The lowest BCUT2D eigenvalue weighted by Crippen LogP contribution is -2.41. The summed E-state index contributed by atoms with van der Waals surface area (Å²) in [6, 6.07) is 20.4. The van der Waals surface area contributed by atoms with Crippen molar-refractivity contribution in [2.24, 2.45) is 11.8 Å². The van der Waals surface area contributed by atoms with Gasteiger partial charge in [-0.1, -0.05) is 71.7 Å². The minimum absolute atomic E-state index is 0.236. The van der Waals surface area contributed by atoms with E-state index in [2.05, 4.69) is 5.32 Å². The van der Waals surface area contributed by atoms with Gasteiger partial charge in [0.05, 0.1) is 22.5 Å². The molecule has 37 heavy (non-hydrogen) atoms. The number of anilines is 1. The Kier molecular flexibility index (Phi) is 5.77. The van der Waals surface area contributed by atoms with Crippen LogP contribution in [0.15, 0.2) is 66.7 Å². The molecule has 9 heteroatoms. The highest BCUT2D eigenvalue weighted by Gasteiger charge is 2.61. The smallest absolute Gasteiger partial charge is 0.326 e. The van der Waals surface area contributed by atoms with Gasteiger partial charge in [0.1, 0.15) is 6.54 Å². The maximum atomic E-state index is 13.5. The van der Waals surface area contributed by atoms with Gasteiger partial charge in [-0.15, -0.1) is 0 Å². The Labute approximate surface area is 222 Å². The Balaban J connectivity index is 1.18. The quantitative estimate of drug-likeness (QED) is 0.387. The van der Waals surface area contributed by atoms with Crippen molar-refractivity contribution in [3.8, 4) is 0 Å². The molecule has 0 aromatic heterocycles. The van der Waals surface area contributed by atoms with Gasteiger partial charge in [-0.2, -0.15) is 0 Å². The third kappa shape index (κ3) is 3.81. The van der Waals surface area contributed by atoms with Crippen LogP contribution in [0, 0.1) is 11.8 Å². The van der Waals surface area contributed by atoms with Crippen LogP contribution in [0.25, 0.3) is 0 Å². The molecule has 7 nitrogen and oxygen atoms in total. The second-order valence-electron chi connectivity index (χ2n) is 9.36. The zero-order valence-corrected chi connectivity index (χ0v) is 20.8. The molecule has 7 rings (SSSR count). The first-order valence-corrected chi connectivity index (χ1v) is 12.5. The van der Waals surface area contributed by atoms with Crippen LogP contribution in [-0.4, -0.2) is 41.7 Å². The van der Waals surface area contributed by atoms with Crippen molar-refractivity contribution in [1.82, 2.24) is 4.90 Å². The maximum Gasteiger partial charge on any atom is 0.326 e. The first-order valence-electron chi connectivity index (χ1n) is 11.8. The number of rotatable bonds is 5. The summed E-state index contributed by atoms with van der Waals surface area (Å²) in [5.41, 5.74) is 4.52. The van der Waals surface area contributed by atoms with Crippen LogP contribution in [0.3, 0.4) is 0 Å². The molecular formula is C28H20Cl2N2O5. The summed E-state index contributed by atoms with van der Waals surface area (Å²) in [7, 11) is 0. The first-order chi connectivity index (χ1) is 17.8. The fraction of sp³-hybridized carbons (Fsp3) is 0.214. The second kappa shape index (κ2) is 9.01. The van der Waals surface area contributed by atoms with Crippen LogP contribution in [0.5, 0.6) is 0 Å². The van der Waals surface area contributed by atoms with Gasteiger partial charge in [-0.05, 0) is 40.5 Å². The fourth-order valence-electron chi connectivity index (χ4n) is 5.99. The van der Waals surface area contributed by atoms with E-state index in [4.69, 9.17) is 27.9 Å². The van der Waals surface area contributed by atoms with Crippen molar-refractivity contribution in [2.75, 3.05) is 18.5 Å². The minimum atomic E-state index is -0.847. The van der Waals surface area contributed by atoms with Crippen LogP contribution < -0.4 is 5.32 Å². The largest absolute Gasteiger partial charge is 0.454 e. The Morgan fingerprint density at radius 3 is 1.81 bits per heavy atom. The van der Waals surface area contributed by atoms with Crippen molar-refractivity contribution in [1.29, 1.82) is 0 Å². The molecular weight excluding hydrogens is 515 g/mol. The molecule has 0 saturated carbocycles. The lowest BCUT2D eigenvalue weighted by atomic mass is 9.55. The number of hydrogen-bond donors (Lipinski definition) is 1. The van der Waals surface area contributed by atoms with E-state index in [1.165, 1.54) is 12.1 Å². The lowest BCUT2D eigenvalue weighted by Gasteiger charge is -2.45. The van der Waals surface area contributed by atoms with E-state index >= 15 is 0 Å². The molecule has 186 valence electrons. The molecule has 2 atom stereocenters. The third-order valence-corrected chi connectivity index (χ3v) is 7.94. The minimum Gasteiger partial charge on any atom is -0.454 e. The zero-order chi connectivity index (χ0) is 25.8. The van der Waals surface area contributed by atoms with Gasteiger partial charge in [0.25, 0.3) is 5.91 Å². The summed E-state index contributed by atoms with van der Waals surface area (Å²) < 4.78 is 5.08. The van der Waals surface area contributed by atoms with Crippen LogP contribution >= 0.6 is 23.2 Å². The van der Waals surface area contributed by atoms with E-state index in [1.807, 2.05) is 48.5 Å². The van der Waals surface area contributed by atoms with Gasteiger partial charge in [0.15, 0.2) is 6.61 Å². The summed E-state index contributed by atoms with van der Waals surface area (Å²) >= 11 is 11.9. The van der Waals surface area contributed by atoms with E-state index in [1.54, 1.807) is 6.07 Å². The highest BCUT2D eigenvalue weighted by molar-refractivity contribution is 6.36. The molecule has 1 fully saturated rings. The lowest BCUT2D eigenvalue weighted by molar-refractivity contribution is -0.154. The summed E-state index contributed by atoms with van der Waals surface area (Å²) in [5, 5.41) is 3.18. The molecule has 4 aliphatic rings. The molecule has 3 aromatic rings. The van der Waals surface area contributed by atoms with Crippen molar-refractivity contribution < 1.29 is 23.9 Å². The van der Waals surface area contributed by atoms with Gasteiger partial charge in [0.2, 0.25) is 11.8 Å². The highest BCUT2D eigenvalue weighted by atomic mass is 35.5. The number of amides is 3. The molecule has 0 radical (unpaired) electrons. The molecule has 0 unspecified atom stereocenters. The number of likely N-dealkylation sites (tertiary alicyclic amines) is 1. The van der Waals surface area contributed by atoms with Crippen LogP contribution in [0.4, 0.5) is 5.69 Å². The van der Waals surface area contributed by atoms with Gasteiger partial charge >= 0.3 is 5.97 Å². The molecule has 3 aromatic carbocycles. The Bertz CT molecular complexity index is 1370. The summed E-state index contributed by atoms with van der Waals surface area (Å²) in [4.78, 5) is 52.9. The second-order valence-corrected chi connectivity index (χ2v) is 10.2. The number of carbonyl (C=O) groups excluding carboxylic acids is 4. The topological polar surface area (TPSA) is 92.8 Å². The standard InChI is InChI=1S/C28H20Cl2N2O5/c29-14-9-10-20(19(30)11-14)31-21(33)13-37-22(34)12-32-27(35)25-23-15-5-1-2-6-16(15)24(26(25)28(32)36)18-8-4-3-7-17(18)23/h1-11,23-26H,12-13H2,(H,31,33)/t23?,24?,25-,26-/m0/s1. The summed E-state index contributed by atoms with van der Waals surface area (Å²) in [5.74, 6) is -3.90. The maximum absolute atomic E-state index is 13.5. The fourth-order valence-corrected chi connectivity index (χ4v) is 6.45. The van der Waals surface area contributed by atoms with Crippen molar-refractivity contribution >= 4 is 52.6 Å². The molecule has 1 saturated heterocycles. The van der Waals surface area contributed by atoms with Crippen molar-refractivity contribution in [2.45, 2.75) is 11.8 Å². The van der Waals surface area contributed by atoms with E-state index in [-0.39, 0.29) is 28.7 Å². The van der Waals surface area contributed by atoms with E-state index in [0.717, 1.165) is 27.2 Å². The molecule has 2 bridgehead atoms.